The molecule has 0 aliphatic heterocycles. The molecule has 0 spiro atoms. The van der Waals surface area contributed by atoms with Crippen molar-refractivity contribution in [3.63, 3.8) is 0 Å². The van der Waals surface area contributed by atoms with Crippen LogP contribution in [0, 0.1) is 6.92 Å². The number of hydrogen-bond donors (Lipinski definition) is 2. The number of benzene rings is 2. The van der Waals surface area contributed by atoms with Gasteiger partial charge in [-0.1, -0.05) is 29.8 Å². The number of pyridine rings is 2. The van der Waals surface area contributed by atoms with Crippen molar-refractivity contribution in [1.29, 1.82) is 0 Å². The lowest BCUT2D eigenvalue weighted by atomic mass is 10.1. The third kappa shape index (κ3) is 4.87. The zero-order valence-electron chi connectivity index (χ0n) is 17.4. The Hall–Kier alpha value is -3.91. The van der Waals surface area contributed by atoms with Crippen molar-refractivity contribution < 1.29 is 19.1 Å². The first-order valence-electron chi connectivity index (χ1n) is 9.36. The number of nitrogens with one attached hydrogen (secondary N) is 2. The van der Waals surface area contributed by atoms with Crippen LogP contribution in [0.3, 0.4) is 0 Å². The number of fused-ring (bicyclic) bond motifs is 2. The molecule has 0 amide bonds. The van der Waals surface area contributed by atoms with Crippen molar-refractivity contribution in [2.24, 2.45) is 0 Å². The summed E-state index contributed by atoms with van der Waals surface area (Å²) in [4.78, 5) is 50.9. The highest BCUT2D eigenvalue weighted by Crippen LogP contribution is 2.17. The Morgan fingerprint density at radius 1 is 0.750 bits per heavy atom. The summed E-state index contributed by atoms with van der Waals surface area (Å²) in [5.41, 5.74) is 1.46. The smallest absolute Gasteiger partial charge is 0.343 e. The summed E-state index contributed by atoms with van der Waals surface area (Å²) in [6, 6.07) is 13.7. The lowest BCUT2D eigenvalue weighted by molar-refractivity contribution is 0.0590. The number of aromatic nitrogens is 2. The molecule has 8 nitrogen and oxygen atoms in total. The number of rotatable bonds is 2. The molecule has 0 saturated carbocycles. The highest BCUT2D eigenvalue weighted by Gasteiger charge is 2.12. The predicted molar refractivity (Wildman–Crippen MR) is 122 cm³/mol. The van der Waals surface area contributed by atoms with Crippen molar-refractivity contribution in [2.75, 3.05) is 14.2 Å². The van der Waals surface area contributed by atoms with Gasteiger partial charge in [0.05, 0.1) is 14.2 Å². The fourth-order valence-electron chi connectivity index (χ4n) is 3.01. The number of methoxy groups -OCH3 is 2. The molecule has 4 aromatic rings. The molecule has 0 aliphatic rings. The predicted octanol–water partition coefficient (Wildman–Crippen LogP) is 3.59. The van der Waals surface area contributed by atoms with Crippen molar-refractivity contribution in [3.05, 3.63) is 91.0 Å². The first-order chi connectivity index (χ1) is 15.2. The maximum atomic E-state index is 11.6. The first-order valence-corrected chi connectivity index (χ1v) is 9.74. The highest BCUT2D eigenvalue weighted by molar-refractivity contribution is 6.31. The second kappa shape index (κ2) is 9.49. The molecular formula is C23H19ClN2O6. The van der Waals surface area contributed by atoms with E-state index in [4.69, 9.17) is 11.6 Å². The Labute approximate surface area is 186 Å². The van der Waals surface area contributed by atoms with Crippen LogP contribution in [0.25, 0.3) is 21.8 Å². The van der Waals surface area contributed by atoms with Gasteiger partial charge in [-0.05, 0) is 53.6 Å². The van der Waals surface area contributed by atoms with E-state index in [1.165, 1.54) is 20.3 Å². The van der Waals surface area contributed by atoms with Crippen LogP contribution < -0.4 is 11.1 Å². The van der Waals surface area contributed by atoms with Gasteiger partial charge in [-0.25, -0.2) is 9.59 Å². The second-order valence-electron chi connectivity index (χ2n) is 6.83. The molecule has 0 radical (unpaired) electrons. The van der Waals surface area contributed by atoms with Gasteiger partial charge in [-0.2, -0.15) is 0 Å². The van der Waals surface area contributed by atoms with Crippen LogP contribution in [-0.4, -0.2) is 36.1 Å². The molecule has 32 heavy (non-hydrogen) atoms. The Morgan fingerprint density at radius 2 is 1.22 bits per heavy atom. The van der Waals surface area contributed by atoms with Gasteiger partial charge in [0.2, 0.25) is 0 Å². The summed E-state index contributed by atoms with van der Waals surface area (Å²) in [5, 5.41) is 2.06. The molecule has 2 N–H and O–H groups in total. The van der Waals surface area contributed by atoms with Gasteiger partial charge in [0, 0.05) is 16.1 Å². The summed E-state index contributed by atoms with van der Waals surface area (Å²) in [6.07, 6.45) is 0. The number of carbonyl (C=O) groups is 2. The third-order valence-electron chi connectivity index (χ3n) is 4.62. The summed E-state index contributed by atoms with van der Waals surface area (Å²) in [5.74, 6) is -1.28. The summed E-state index contributed by atoms with van der Waals surface area (Å²) in [6.45, 7) is 1.94. The average molecular weight is 455 g/mol. The second-order valence-corrected chi connectivity index (χ2v) is 7.27. The van der Waals surface area contributed by atoms with E-state index in [-0.39, 0.29) is 11.1 Å². The molecule has 0 fully saturated rings. The van der Waals surface area contributed by atoms with Gasteiger partial charge in [0.15, 0.2) is 0 Å². The van der Waals surface area contributed by atoms with E-state index >= 15 is 0 Å². The van der Waals surface area contributed by atoms with Crippen molar-refractivity contribution in [2.45, 2.75) is 6.92 Å². The van der Waals surface area contributed by atoms with E-state index in [0.29, 0.717) is 10.5 Å². The molecule has 2 heterocycles. The average Bonchev–Trinajstić information content (AvgIpc) is 2.77. The number of ether oxygens (including phenoxy) is 2. The van der Waals surface area contributed by atoms with Crippen LogP contribution >= 0.6 is 11.6 Å². The van der Waals surface area contributed by atoms with Crippen LogP contribution in [0.15, 0.2) is 58.1 Å². The molecule has 0 saturated heterocycles. The Morgan fingerprint density at radius 3 is 1.72 bits per heavy atom. The highest BCUT2D eigenvalue weighted by atomic mass is 35.5. The molecule has 0 aliphatic carbocycles. The number of H-pyrrole nitrogens is 2. The van der Waals surface area contributed by atoms with Gasteiger partial charge in [-0.3, -0.25) is 9.59 Å². The van der Waals surface area contributed by atoms with Crippen LogP contribution in [0.1, 0.15) is 26.3 Å². The van der Waals surface area contributed by atoms with Crippen molar-refractivity contribution in [3.8, 4) is 0 Å². The number of esters is 2. The van der Waals surface area contributed by atoms with Gasteiger partial charge in [-0.15, -0.1) is 0 Å². The lowest BCUT2D eigenvalue weighted by Crippen LogP contribution is -2.18. The van der Waals surface area contributed by atoms with Crippen LogP contribution in [0.2, 0.25) is 5.02 Å². The molecule has 2 aromatic heterocycles. The van der Waals surface area contributed by atoms with Crippen LogP contribution in [0.4, 0.5) is 0 Å². The monoisotopic (exact) mass is 454 g/mol. The van der Waals surface area contributed by atoms with Crippen LogP contribution in [0.5, 0.6) is 0 Å². The third-order valence-corrected chi connectivity index (χ3v) is 4.86. The van der Waals surface area contributed by atoms with E-state index in [0.717, 1.165) is 21.9 Å². The Bertz CT molecular complexity index is 1340. The number of carbonyl (C=O) groups excluding carboxylic acids is 2. The van der Waals surface area contributed by atoms with E-state index in [1.807, 2.05) is 25.1 Å². The number of halogens is 1. The first kappa shape index (κ1) is 22.8. The van der Waals surface area contributed by atoms with E-state index in [2.05, 4.69) is 19.4 Å². The Balaban J connectivity index is 0.000000181. The molecule has 0 bridgehead atoms. The largest absolute Gasteiger partial charge is 0.465 e. The summed E-state index contributed by atoms with van der Waals surface area (Å²) in [7, 11) is 2.48. The minimum absolute atomic E-state index is 0.0164. The van der Waals surface area contributed by atoms with Gasteiger partial charge < -0.3 is 19.4 Å². The molecular weight excluding hydrogens is 436 g/mol. The fraction of sp³-hybridized carbons (Fsp3) is 0.130. The standard InChI is InChI=1S/C12H11NO3.C11H8ClNO3/c1-7-3-4-8-6-9(12(15)16-2)11(14)13-10(8)5-7;1-16-11(15)8-4-6-2-3-7(12)5-9(6)13-10(8)14/h3-6H,1-2H3,(H,13,14);2-5H,1H3,(H,13,14). The normalized spacial score (nSPS) is 10.4. The molecule has 9 heteroatoms. The van der Waals surface area contributed by atoms with Crippen LogP contribution in [-0.2, 0) is 9.47 Å². The van der Waals surface area contributed by atoms with E-state index in [1.54, 1.807) is 24.3 Å². The topological polar surface area (TPSA) is 118 Å². The maximum absolute atomic E-state index is 11.6. The molecule has 164 valence electrons. The van der Waals surface area contributed by atoms with E-state index in [9.17, 15) is 19.2 Å². The molecule has 4 rings (SSSR count). The van der Waals surface area contributed by atoms with Gasteiger partial charge >= 0.3 is 11.9 Å². The minimum atomic E-state index is -0.655. The number of hydrogen-bond acceptors (Lipinski definition) is 6. The molecule has 0 atom stereocenters. The van der Waals surface area contributed by atoms with Gasteiger partial charge in [0.25, 0.3) is 11.1 Å². The molecule has 2 aromatic carbocycles. The van der Waals surface area contributed by atoms with E-state index < -0.39 is 23.1 Å². The zero-order chi connectivity index (χ0) is 23.4. The molecule has 0 unspecified atom stereocenters. The zero-order valence-corrected chi connectivity index (χ0v) is 18.2. The van der Waals surface area contributed by atoms with Gasteiger partial charge in [0.1, 0.15) is 11.1 Å². The quantitative estimate of drug-likeness (QED) is 0.447. The summed E-state index contributed by atoms with van der Waals surface area (Å²) < 4.78 is 9.04. The minimum Gasteiger partial charge on any atom is -0.465 e. The van der Waals surface area contributed by atoms with Crippen molar-refractivity contribution in [1.82, 2.24) is 9.97 Å². The number of aryl methyl sites for hydroxylation is 1. The lowest BCUT2D eigenvalue weighted by Gasteiger charge is -2.02. The maximum Gasteiger partial charge on any atom is 0.343 e. The Kier molecular flexibility index (Phi) is 6.75. The number of aromatic amines is 2. The van der Waals surface area contributed by atoms with Crippen molar-refractivity contribution >= 4 is 45.3 Å². The fourth-order valence-corrected chi connectivity index (χ4v) is 3.18. The SMILES string of the molecule is COC(=O)c1cc2ccc(C)cc2[nH]c1=O.COC(=O)c1cc2ccc(Cl)cc2[nH]c1=O. The summed E-state index contributed by atoms with van der Waals surface area (Å²) >= 11 is 5.79.